The quantitative estimate of drug-likeness (QED) is 0.925. The smallest absolute Gasteiger partial charge is 0.140 e. The van der Waals surface area contributed by atoms with Gasteiger partial charge in [-0.1, -0.05) is 11.6 Å². The van der Waals surface area contributed by atoms with E-state index in [1.807, 2.05) is 6.07 Å². The van der Waals surface area contributed by atoms with Crippen LogP contribution in [0.5, 0.6) is 0 Å². The monoisotopic (exact) mass is 304 g/mol. The summed E-state index contributed by atoms with van der Waals surface area (Å²) in [6.45, 7) is 1.78. The molecule has 16 heavy (non-hydrogen) atoms. The molecule has 1 aliphatic rings. The third-order valence-corrected chi connectivity index (χ3v) is 3.40. The van der Waals surface area contributed by atoms with Crippen molar-refractivity contribution in [2.24, 2.45) is 0 Å². The number of nitrogens with one attached hydrogen (secondary N) is 1. The van der Waals surface area contributed by atoms with Gasteiger partial charge >= 0.3 is 0 Å². The van der Waals surface area contributed by atoms with Crippen LogP contribution in [0.25, 0.3) is 0 Å². The summed E-state index contributed by atoms with van der Waals surface area (Å²) in [4.78, 5) is 4.21. The molecule has 2 heterocycles. The maximum atomic E-state index is 5.81. The van der Waals surface area contributed by atoms with Gasteiger partial charge in [0.05, 0.1) is 15.6 Å². The molecule has 0 aromatic carbocycles. The van der Waals surface area contributed by atoms with Crippen molar-refractivity contribution in [3.8, 4) is 0 Å². The summed E-state index contributed by atoms with van der Waals surface area (Å²) in [6.07, 6.45) is 5.45. The van der Waals surface area contributed by atoms with Crippen molar-refractivity contribution in [3.05, 3.63) is 21.8 Å². The zero-order valence-electron chi connectivity index (χ0n) is 8.88. The van der Waals surface area contributed by atoms with E-state index in [2.05, 4.69) is 26.2 Å². The van der Waals surface area contributed by atoms with E-state index in [1.54, 1.807) is 6.20 Å². The van der Waals surface area contributed by atoms with E-state index in [0.29, 0.717) is 11.1 Å². The van der Waals surface area contributed by atoms with Crippen molar-refractivity contribution in [2.45, 2.75) is 25.4 Å². The number of ether oxygens (including phenoxy) is 1. The lowest BCUT2D eigenvalue weighted by atomic mass is 10.2. The average molecular weight is 306 g/mol. The van der Waals surface area contributed by atoms with Crippen LogP contribution in [-0.4, -0.2) is 24.2 Å². The molecule has 0 spiro atoms. The van der Waals surface area contributed by atoms with E-state index in [0.717, 1.165) is 29.9 Å². The molecule has 0 bridgehead atoms. The highest BCUT2D eigenvalue weighted by atomic mass is 79.9. The predicted octanol–water partition coefficient (Wildman–Crippen LogP) is 3.48. The molecule has 1 aromatic heterocycles. The highest BCUT2D eigenvalue weighted by molar-refractivity contribution is 9.10. The van der Waals surface area contributed by atoms with Gasteiger partial charge in [-0.05, 0) is 41.3 Å². The summed E-state index contributed by atoms with van der Waals surface area (Å²) >= 11 is 9.23. The molecule has 0 saturated carbocycles. The number of rotatable bonds is 4. The van der Waals surface area contributed by atoms with E-state index in [-0.39, 0.29) is 0 Å². The highest BCUT2D eigenvalue weighted by Gasteiger charge is 2.14. The zero-order valence-corrected chi connectivity index (χ0v) is 11.2. The van der Waals surface area contributed by atoms with Gasteiger partial charge < -0.3 is 10.1 Å². The van der Waals surface area contributed by atoms with Crippen LogP contribution in [-0.2, 0) is 4.74 Å². The van der Waals surface area contributed by atoms with Crippen LogP contribution < -0.4 is 5.32 Å². The second kappa shape index (κ2) is 5.84. The third kappa shape index (κ3) is 3.34. The summed E-state index contributed by atoms with van der Waals surface area (Å²) in [5, 5.41) is 3.91. The van der Waals surface area contributed by atoms with Gasteiger partial charge in [-0.25, -0.2) is 4.98 Å². The molecule has 0 amide bonds. The summed E-state index contributed by atoms with van der Waals surface area (Å²) in [5.74, 6) is 0.836. The van der Waals surface area contributed by atoms with Gasteiger partial charge in [0.15, 0.2) is 0 Å². The minimum atomic E-state index is 0.415. The van der Waals surface area contributed by atoms with Crippen molar-refractivity contribution >= 4 is 33.3 Å². The number of aromatic nitrogens is 1. The zero-order chi connectivity index (χ0) is 11.4. The number of halogens is 2. The molecular weight excluding hydrogens is 291 g/mol. The van der Waals surface area contributed by atoms with Gasteiger partial charge in [0.2, 0.25) is 0 Å². The lowest BCUT2D eigenvalue weighted by Gasteiger charge is -2.11. The first-order valence-corrected chi connectivity index (χ1v) is 6.59. The fourth-order valence-electron chi connectivity index (χ4n) is 1.77. The van der Waals surface area contributed by atoms with Crippen LogP contribution in [0.1, 0.15) is 19.3 Å². The van der Waals surface area contributed by atoms with E-state index >= 15 is 0 Å². The Labute approximate surface area is 109 Å². The molecule has 2 rings (SSSR count). The fourth-order valence-corrected chi connectivity index (χ4v) is 2.55. The van der Waals surface area contributed by atoms with Crippen LogP contribution in [0.4, 0.5) is 5.82 Å². The van der Waals surface area contributed by atoms with Crippen molar-refractivity contribution in [3.63, 3.8) is 0 Å². The highest BCUT2D eigenvalue weighted by Crippen LogP contribution is 2.23. The Balaban J connectivity index is 1.80. The van der Waals surface area contributed by atoms with Crippen LogP contribution in [0.3, 0.4) is 0 Å². The molecule has 0 radical (unpaired) electrons. The van der Waals surface area contributed by atoms with Crippen LogP contribution in [0, 0.1) is 0 Å². The molecular formula is C11H14BrClN2O. The summed E-state index contributed by atoms with van der Waals surface area (Å²) in [5.41, 5.74) is 0. The molecule has 1 unspecified atom stereocenters. The molecule has 1 atom stereocenters. The molecule has 5 heteroatoms. The number of hydrogen-bond donors (Lipinski definition) is 1. The fraction of sp³-hybridized carbons (Fsp3) is 0.545. The van der Waals surface area contributed by atoms with Gasteiger partial charge in [0.1, 0.15) is 5.82 Å². The van der Waals surface area contributed by atoms with Gasteiger partial charge in [0.25, 0.3) is 0 Å². The first-order valence-electron chi connectivity index (χ1n) is 5.42. The molecule has 1 N–H and O–H groups in total. The minimum absolute atomic E-state index is 0.415. The van der Waals surface area contributed by atoms with Crippen LogP contribution in [0.2, 0.25) is 5.02 Å². The SMILES string of the molecule is Clc1cnc(NCCC2CCCO2)c(Br)c1. The summed E-state index contributed by atoms with van der Waals surface area (Å²) in [6, 6.07) is 1.84. The Bertz CT molecular complexity index is 356. The van der Waals surface area contributed by atoms with Crippen molar-refractivity contribution < 1.29 is 4.74 Å². The van der Waals surface area contributed by atoms with Gasteiger partial charge in [0, 0.05) is 19.3 Å². The largest absolute Gasteiger partial charge is 0.378 e. The number of anilines is 1. The first kappa shape index (κ1) is 12.1. The van der Waals surface area contributed by atoms with Gasteiger partial charge in [-0.3, -0.25) is 0 Å². The molecule has 1 aliphatic heterocycles. The maximum absolute atomic E-state index is 5.81. The Kier molecular flexibility index (Phi) is 4.44. The van der Waals surface area contributed by atoms with Gasteiger partial charge in [-0.2, -0.15) is 0 Å². The van der Waals surface area contributed by atoms with E-state index in [4.69, 9.17) is 16.3 Å². The number of nitrogens with zero attached hydrogens (tertiary/aromatic N) is 1. The molecule has 88 valence electrons. The van der Waals surface area contributed by atoms with Crippen LogP contribution in [0.15, 0.2) is 16.7 Å². The number of hydrogen-bond acceptors (Lipinski definition) is 3. The molecule has 1 fully saturated rings. The minimum Gasteiger partial charge on any atom is -0.378 e. The Morgan fingerprint density at radius 2 is 2.50 bits per heavy atom. The molecule has 3 nitrogen and oxygen atoms in total. The van der Waals surface area contributed by atoms with E-state index in [9.17, 15) is 0 Å². The van der Waals surface area contributed by atoms with Crippen molar-refractivity contribution in [1.82, 2.24) is 4.98 Å². The van der Waals surface area contributed by atoms with Crippen molar-refractivity contribution in [1.29, 1.82) is 0 Å². The van der Waals surface area contributed by atoms with Crippen LogP contribution >= 0.6 is 27.5 Å². The topological polar surface area (TPSA) is 34.2 Å². The lowest BCUT2D eigenvalue weighted by Crippen LogP contribution is -2.13. The third-order valence-electron chi connectivity index (χ3n) is 2.59. The van der Waals surface area contributed by atoms with E-state index < -0.39 is 0 Å². The first-order chi connectivity index (χ1) is 7.75. The molecule has 0 aliphatic carbocycles. The maximum Gasteiger partial charge on any atom is 0.140 e. The normalized spacial score (nSPS) is 20.0. The van der Waals surface area contributed by atoms with Gasteiger partial charge in [-0.15, -0.1) is 0 Å². The Morgan fingerprint density at radius 3 is 3.19 bits per heavy atom. The standard InChI is InChI=1S/C11H14BrClN2O/c12-10-6-8(13)7-15-11(10)14-4-3-9-2-1-5-16-9/h6-7,9H,1-5H2,(H,14,15). The lowest BCUT2D eigenvalue weighted by molar-refractivity contribution is 0.107. The second-order valence-corrected chi connectivity index (χ2v) is 5.13. The Morgan fingerprint density at radius 1 is 1.62 bits per heavy atom. The average Bonchev–Trinajstić information content (AvgIpc) is 2.74. The Hall–Kier alpha value is -0.320. The number of pyridine rings is 1. The summed E-state index contributed by atoms with van der Waals surface area (Å²) in [7, 11) is 0. The van der Waals surface area contributed by atoms with Crippen molar-refractivity contribution in [2.75, 3.05) is 18.5 Å². The predicted molar refractivity (Wildman–Crippen MR) is 69.0 cm³/mol. The molecule has 1 saturated heterocycles. The summed E-state index contributed by atoms with van der Waals surface area (Å²) < 4.78 is 6.44. The van der Waals surface area contributed by atoms with E-state index in [1.165, 1.54) is 12.8 Å². The second-order valence-electron chi connectivity index (χ2n) is 3.83. The molecule has 1 aromatic rings.